The summed E-state index contributed by atoms with van der Waals surface area (Å²) in [6, 6.07) is 2.72. The zero-order chi connectivity index (χ0) is 10.1. The summed E-state index contributed by atoms with van der Waals surface area (Å²) in [5.41, 5.74) is -1.06. The Balaban J connectivity index is 3.24. The molecule has 13 heavy (non-hydrogen) atoms. The minimum atomic E-state index is -4.47. The van der Waals surface area contributed by atoms with Crippen molar-refractivity contribution in [1.29, 1.82) is 0 Å². The lowest BCUT2D eigenvalue weighted by molar-refractivity contribution is -0.137. The summed E-state index contributed by atoms with van der Waals surface area (Å²) in [7, 11) is 5.17. The van der Waals surface area contributed by atoms with Gasteiger partial charge in [0.15, 0.2) is 0 Å². The molecule has 0 spiro atoms. The van der Waals surface area contributed by atoms with Gasteiger partial charge in [0.2, 0.25) is 0 Å². The van der Waals surface area contributed by atoms with Crippen molar-refractivity contribution in [3.05, 3.63) is 29.3 Å². The number of hydrogen-bond acceptors (Lipinski definition) is 1. The lowest BCUT2D eigenvalue weighted by Crippen LogP contribution is -2.12. The highest BCUT2D eigenvalue weighted by Crippen LogP contribution is 2.28. The van der Waals surface area contributed by atoms with Crippen LogP contribution in [0.4, 0.5) is 13.2 Å². The number of aldehydes is 1. The van der Waals surface area contributed by atoms with Gasteiger partial charge in [0.25, 0.3) is 0 Å². The number of rotatable bonds is 1. The molecule has 0 saturated carbocycles. The van der Waals surface area contributed by atoms with Gasteiger partial charge < -0.3 is 0 Å². The van der Waals surface area contributed by atoms with Gasteiger partial charge in [0, 0.05) is 5.56 Å². The van der Waals surface area contributed by atoms with Crippen LogP contribution in [0.5, 0.6) is 0 Å². The largest absolute Gasteiger partial charge is 0.416 e. The van der Waals surface area contributed by atoms with Gasteiger partial charge in [-0.05, 0) is 6.07 Å². The van der Waals surface area contributed by atoms with Gasteiger partial charge in [-0.25, -0.2) is 0 Å². The molecule has 0 amide bonds. The van der Waals surface area contributed by atoms with E-state index in [1.807, 2.05) is 0 Å². The Morgan fingerprint density at radius 2 is 1.85 bits per heavy atom. The molecule has 0 heterocycles. The summed E-state index contributed by atoms with van der Waals surface area (Å²) in [5, 5.41) is 0. The number of carbonyl (C=O) groups excluding carboxylic acids is 1. The van der Waals surface area contributed by atoms with Gasteiger partial charge in [0.05, 0.1) is 5.56 Å². The van der Waals surface area contributed by atoms with E-state index in [0.29, 0.717) is 6.29 Å². The van der Waals surface area contributed by atoms with E-state index in [1.54, 1.807) is 0 Å². The van der Waals surface area contributed by atoms with E-state index in [2.05, 4.69) is 0 Å². The van der Waals surface area contributed by atoms with Crippen LogP contribution in [0.3, 0.4) is 0 Å². The Morgan fingerprint density at radius 3 is 2.31 bits per heavy atom. The number of alkyl halides is 3. The summed E-state index contributed by atoms with van der Waals surface area (Å²) < 4.78 is 36.3. The normalized spacial score (nSPS) is 11.3. The topological polar surface area (TPSA) is 17.1 Å². The van der Waals surface area contributed by atoms with Crippen LogP contribution in [0.15, 0.2) is 18.2 Å². The quantitative estimate of drug-likeness (QED) is 0.475. The molecule has 0 fully saturated rings. The molecule has 0 unspecified atom stereocenters. The standard InChI is InChI=1S/C8H4BF3O/c9-7-2-5(4-13)1-6(3-7)8(10,11)12/h1-4H. The Kier molecular flexibility index (Phi) is 2.45. The molecule has 0 aliphatic carbocycles. The lowest BCUT2D eigenvalue weighted by atomic mass is 9.92. The Morgan fingerprint density at radius 1 is 1.23 bits per heavy atom. The van der Waals surface area contributed by atoms with Crippen molar-refractivity contribution in [3.8, 4) is 0 Å². The van der Waals surface area contributed by atoms with Gasteiger partial charge in [-0.1, -0.05) is 17.6 Å². The molecule has 0 aliphatic heterocycles. The van der Waals surface area contributed by atoms with E-state index in [1.165, 1.54) is 6.07 Å². The van der Waals surface area contributed by atoms with E-state index in [-0.39, 0.29) is 11.0 Å². The van der Waals surface area contributed by atoms with E-state index in [9.17, 15) is 18.0 Å². The molecular formula is C8H4BF3O. The molecule has 5 heteroatoms. The first kappa shape index (κ1) is 9.83. The van der Waals surface area contributed by atoms with Gasteiger partial charge in [-0.15, -0.1) is 0 Å². The van der Waals surface area contributed by atoms with Crippen molar-refractivity contribution in [2.24, 2.45) is 0 Å². The van der Waals surface area contributed by atoms with Crippen molar-refractivity contribution < 1.29 is 18.0 Å². The zero-order valence-corrected chi connectivity index (χ0v) is 6.43. The average Bonchev–Trinajstić information content (AvgIpc) is 2.01. The molecule has 1 aromatic carbocycles. The first-order valence-corrected chi connectivity index (χ1v) is 3.36. The molecule has 0 aliphatic rings. The summed E-state index contributed by atoms with van der Waals surface area (Å²) in [6.45, 7) is 0. The average molecular weight is 184 g/mol. The maximum atomic E-state index is 12.1. The maximum Gasteiger partial charge on any atom is 0.416 e. The molecule has 0 aromatic heterocycles. The highest BCUT2D eigenvalue weighted by atomic mass is 19.4. The monoisotopic (exact) mass is 184 g/mol. The third-order valence-corrected chi connectivity index (χ3v) is 1.44. The minimum Gasteiger partial charge on any atom is -0.298 e. The number of hydrogen-bond donors (Lipinski definition) is 0. The van der Waals surface area contributed by atoms with E-state index in [4.69, 9.17) is 7.85 Å². The van der Waals surface area contributed by atoms with Crippen LogP contribution < -0.4 is 5.46 Å². The smallest absolute Gasteiger partial charge is 0.298 e. The first-order chi connectivity index (χ1) is 5.93. The van der Waals surface area contributed by atoms with E-state index in [0.717, 1.165) is 12.1 Å². The predicted octanol–water partition coefficient (Wildman–Crippen LogP) is 1.31. The number of benzene rings is 1. The van der Waals surface area contributed by atoms with Crippen molar-refractivity contribution >= 4 is 19.6 Å². The molecule has 0 bridgehead atoms. The van der Waals surface area contributed by atoms with Crippen molar-refractivity contribution in [2.45, 2.75) is 6.18 Å². The minimum absolute atomic E-state index is 0.0723. The van der Waals surface area contributed by atoms with Crippen LogP contribution in [0.2, 0.25) is 0 Å². The molecular weight excluding hydrogens is 180 g/mol. The van der Waals surface area contributed by atoms with Gasteiger partial charge in [-0.3, -0.25) is 4.79 Å². The zero-order valence-electron chi connectivity index (χ0n) is 6.43. The third-order valence-electron chi connectivity index (χ3n) is 1.44. The third kappa shape index (κ3) is 2.34. The van der Waals surface area contributed by atoms with Crippen LogP contribution in [-0.2, 0) is 6.18 Å². The molecule has 1 nitrogen and oxygen atoms in total. The molecule has 2 radical (unpaired) electrons. The lowest BCUT2D eigenvalue weighted by Gasteiger charge is -2.07. The molecule has 0 saturated heterocycles. The second-order valence-electron chi connectivity index (χ2n) is 2.50. The molecule has 1 rings (SSSR count). The Labute approximate surface area is 74.0 Å². The van der Waals surface area contributed by atoms with Crippen molar-refractivity contribution in [3.63, 3.8) is 0 Å². The van der Waals surface area contributed by atoms with Gasteiger partial charge in [-0.2, -0.15) is 13.2 Å². The molecule has 0 atom stereocenters. The van der Waals surface area contributed by atoms with Gasteiger partial charge >= 0.3 is 6.18 Å². The fraction of sp³-hybridized carbons (Fsp3) is 0.125. The van der Waals surface area contributed by atoms with Crippen LogP contribution in [-0.4, -0.2) is 14.1 Å². The van der Waals surface area contributed by atoms with Crippen molar-refractivity contribution in [2.75, 3.05) is 0 Å². The molecule has 66 valence electrons. The first-order valence-electron chi connectivity index (χ1n) is 3.36. The Hall–Kier alpha value is -1.26. The van der Waals surface area contributed by atoms with E-state index >= 15 is 0 Å². The highest BCUT2D eigenvalue weighted by Gasteiger charge is 2.30. The molecule has 0 N–H and O–H groups in total. The second kappa shape index (κ2) is 3.24. The second-order valence-corrected chi connectivity index (χ2v) is 2.50. The highest BCUT2D eigenvalue weighted by molar-refractivity contribution is 6.32. The van der Waals surface area contributed by atoms with Crippen molar-refractivity contribution in [1.82, 2.24) is 0 Å². The van der Waals surface area contributed by atoms with E-state index < -0.39 is 11.7 Å². The summed E-state index contributed by atoms with van der Waals surface area (Å²) >= 11 is 0. The summed E-state index contributed by atoms with van der Waals surface area (Å²) in [4.78, 5) is 10.2. The van der Waals surface area contributed by atoms with Crippen LogP contribution in [0.1, 0.15) is 15.9 Å². The summed E-state index contributed by atoms with van der Waals surface area (Å²) in [6.07, 6.45) is -4.14. The number of halogens is 3. The van der Waals surface area contributed by atoms with Crippen LogP contribution in [0, 0.1) is 0 Å². The van der Waals surface area contributed by atoms with Gasteiger partial charge in [0.1, 0.15) is 14.1 Å². The SMILES string of the molecule is [B]c1cc(C=O)cc(C(F)(F)F)c1. The predicted molar refractivity (Wildman–Crippen MR) is 42.2 cm³/mol. The summed E-state index contributed by atoms with van der Waals surface area (Å²) in [5.74, 6) is 0. The van der Waals surface area contributed by atoms with Crippen LogP contribution >= 0.6 is 0 Å². The maximum absolute atomic E-state index is 12.1. The number of carbonyl (C=O) groups is 1. The Bertz CT molecular complexity index is 333. The van der Waals surface area contributed by atoms with Crippen LogP contribution in [0.25, 0.3) is 0 Å². The fourth-order valence-corrected chi connectivity index (χ4v) is 0.908. The fourth-order valence-electron chi connectivity index (χ4n) is 0.908. The molecule has 1 aromatic rings.